The maximum atomic E-state index is 12.1. The van der Waals surface area contributed by atoms with Crippen LogP contribution in [0, 0.1) is 0 Å². The van der Waals surface area contributed by atoms with Crippen LogP contribution >= 0.6 is 0 Å². The number of aliphatic imine (C=N–C) groups is 1. The average molecular weight is 355 g/mol. The van der Waals surface area contributed by atoms with Crippen LogP contribution in [0.25, 0.3) is 0 Å². The lowest BCUT2D eigenvalue weighted by atomic mass is 10.1. The number of alkyl halides is 3. The molecule has 0 aliphatic heterocycles. The Morgan fingerprint density at radius 3 is 2.64 bits per heavy atom. The van der Waals surface area contributed by atoms with E-state index in [2.05, 4.69) is 27.8 Å². The average Bonchev–Trinajstić information content (AvgIpc) is 3.05. The Morgan fingerprint density at radius 2 is 1.96 bits per heavy atom. The molecule has 7 heteroatoms. The van der Waals surface area contributed by atoms with Gasteiger partial charge in [-0.25, -0.2) is 4.99 Å². The maximum Gasteiger partial charge on any atom is 0.411 e. The van der Waals surface area contributed by atoms with Gasteiger partial charge in [-0.2, -0.15) is 13.2 Å². The summed E-state index contributed by atoms with van der Waals surface area (Å²) >= 11 is 0. The summed E-state index contributed by atoms with van der Waals surface area (Å²) in [5.74, 6) is 0.745. The number of nitrogens with zero attached hydrogens (tertiary/aromatic N) is 1. The Balaban J connectivity index is 1.89. The second kappa shape index (κ2) is 9.46. The molecular weight excluding hydrogens is 331 g/mol. The Morgan fingerprint density at radius 1 is 1.24 bits per heavy atom. The summed E-state index contributed by atoms with van der Waals surface area (Å²) in [5, 5.41) is 6.59. The van der Waals surface area contributed by atoms with Crippen molar-refractivity contribution in [2.75, 3.05) is 13.2 Å². The van der Waals surface area contributed by atoms with Crippen LogP contribution < -0.4 is 10.6 Å². The van der Waals surface area contributed by atoms with Gasteiger partial charge in [0.15, 0.2) is 5.96 Å². The molecule has 1 aromatic rings. The minimum absolute atomic E-state index is 0.0663. The first-order valence-electron chi connectivity index (χ1n) is 8.38. The van der Waals surface area contributed by atoms with Gasteiger partial charge in [0.25, 0.3) is 0 Å². The van der Waals surface area contributed by atoms with Gasteiger partial charge in [0, 0.05) is 12.6 Å². The highest BCUT2D eigenvalue weighted by Gasteiger charge is 2.27. The van der Waals surface area contributed by atoms with Crippen molar-refractivity contribution >= 4 is 5.96 Å². The molecule has 138 valence electrons. The molecule has 1 aliphatic carbocycles. The third kappa shape index (κ3) is 7.60. The van der Waals surface area contributed by atoms with E-state index >= 15 is 0 Å². The van der Waals surface area contributed by atoms with Crippen LogP contribution in [0.3, 0.4) is 0 Å². The van der Waals surface area contributed by atoms with Crippen molar-refractivity contribution in [2.24, 2.45) is 4.99 Å². The van der Waals surface area contributed by atoms with Crippen molar-refractivity contribution in [3.05, 3.63) is 47.5 Å². The number of rotatable bonds is 7. The first-order chi connectivity index (χ1) is 12.0. The van der Waals surface area contributed by atoms with E-state index in [1.165, 1.54) is 0 Å². The van der Waals surface area contributed by atoms with E-state index in [1.54, 1.807) is 12.1 Å². The van der Waals surface area contributed by atoms with Crippen LogP contribution in [0.5, 0.6) is 0 Å². The number of ether oxygens (including phenoxy) is 1. The van der Waals surface area contributed by atoms with Crippen molar-refractivity contribution in [3.63, 3.8) is 0 Å². The molecule has 2 N–H and O–H groups in total. The van der Waals surface area contributed by atoms with Crippen molar-refractivity contribution in [2.45, 2.75) is 45.1 Å². The Hall–Kier alpha value is -2.02. The SMILES string of the molecule is CCNC(=NCc1cccc(COCC(F)(F)F)c1)NC1CC=CC1. The maximum absolute atomic E-state index is 12.1. The summed E-state index contributed by atoms with van der Waals surface area (Å²) < 4.78 is 41.1. The molecule has 0 saturated carbocycles. The van der Waals surface area contributed by atoms with Crippen LogP contribution in [0.4, 0.5) is 13.2 Å². The summed E-state index contributed by atoms with van der Waals surface area (Å²) in [6.07, 6.45) is 1.95. The Kier molecular flexibility index (Phi) is 7.31. The summed E-state index contributed by atoms with van der Waals surface area (Å²) in [7, 11) is 0. The zero-order valence-corrected chi connectivity index (χ0v) is 14.3. The second-order valence-electron chi connectivity index (χ2n) is 5.91. The monoisotopic (exact) mass is 355 g/mol. The van der Waals surface area contributed by atoms with Crippen molar-refractivity contribution in [3.8, 4) is 0 Å². The first-order valence-corrected chi connectivity index (χ1v) is 8.38. The lowest BCUT2D eigenvalue weighted by Gasteiger charge is -2.16. The summed E-state index contributed by atoms with van der Waals surface area (Å²) in [6.45, 7) is 1.91. The molecule has 0 saturated heterocycles. The molecule has 0 atom stereocenters. The fourth-order valence-corrected chi connectivity index (χ4v) is 2.52. The van der Waals surface area contributed by atoms with E-state index in [4.69, 9.17) is 4.74 Å². The number of halogens is 3. The predicted octanol–water partition coefficient (Wildman–Crippen LogP) is 3.54. The van der Waals surface area contributed by atoms with Gasteiger partial charge in [0.1, 0.15) is 6.61 Å². The van der Waals surface area contributed by atoms with E-state index in [9.17, 15) is 13.2 Å². The predicted molar refractivity (Wildman–Crippen MR) is 92.3 cm³/mol. The molecule has 0 fully saturated rings. The van der Waals surface area contributed by atoms with E-state index < -0.39 is 12.8 Å². The molecule has 0 spiro atoms. The first kappa shape index (κ1) is 19.3. The van der Waals surface area contributed by atoms with Gasteiger partial charge in [-0.3, -0.25) is 0 Å². The minimum atomic E-state index is -4.30. The third-order valence-corrected chi connectivity index (χ3v) is 3.64. The molecule has 2 rings (SSSR count). The molecule has 25 heavy (non-hydrogen) atoms. The van der Waals surface area contributed by atoms with Gasteiger partial charge in [0.2, 0.25) is 0 Å². The van der Waals surface area contributed by atoms with Crippen molar-refractivity contribution in [1.29, 1.82) is 0 Å². The van der Waals surface area contributed by atoms with Gasteiger partial charge < -0.3 is 15.4 Å². The normalized spacial score (nSPS) is 15.6. The molecular formula is C18H24F3N3O. The van der Waals surface area contributed by atoms with Crippen LogP contribution in [0.15, 0.2) is 41.4 Å². The van der Waals surface area contributed by atoms with E-state index in [1.807, 2.05) is 19.1 Å². The van der Waals surface area contributed by atoms with Crippen molar-refractivity contribution in [1.82, 2.24) is 10.6 Å². The molecule has 0 heterocycles. The highest BCUT2D eigenvalue weighted by Crippen LogP contribution is 2.16. The fourth-order valence-electron chi connectivity index (χ4n) is 2.52. The highest BCUT2D eigenvalue weighted by molar-refractivity contribution is 5.80. The highest BCUT2D eigenvalue weighted by atomic mass is 19.4. The van der Waals surface area contributed by atoms with E-state index in [0.717, 1.165) is 30.9 Å². The topological polar surface area (TPSA) is 45.7 Å². The molecule has 0 bridgehead atoms. The number of benzene rings is 1. The summed E-state index contributed by atoms with van der Waals surface area (Å²) in [4.78, 5) is 4.55. The quantitative estimate of drug-likeness (QED) is 0.447. The smallest absolute Gasteiger partial charge is 0.367 e. The van der Waals surface area contributed by atoms with Gasteiger partial charge in [0.05, 0.1) is 13.2 Å². The Labute approximate surface area is 146 Å². The molecule has 0 radical (unpaired) electrons. The Bertz CT molecular complexity index is 591. The van der Waals surface area contributed by atoms with E-state index in [0.29, 0.717) is 18.2 Å². The lowest BCUT2D eigenvalue weighted by Crippen LogP contribution is -2.42. The summed E-state index contributed by atoms with van der Waals surface area (Å²) in [6, 6.07) is 7.63. The third-order valence-electron chi connectivity index (χ3n) is 3.64. The minimum Gasteiger partial charge on any atom is -0.367 e. The van der Waals surface area contributed by atoms with E-state index in [-0.39, 0.29) is 6.61 Å². The molecule has 1 aliphatic rings. The number of nitrogens with one attached hydrogen (secondary N) is 2. The zero-order valence-electron chi connectivity index (χ0n) is 14.3. The van der Waals surface area contributed by atoms with Crippen molar-refractivity contribution < 1.29 is 17.9 Å². The second-order valence-corrected chi connectivity index (χ2v) is 5.91. The number of hydrogen-bond acceptors (Lipinski definition) is 2. The zero-order chi connectivity index (χ0) is 18.1. The van der Waals surface area contributed by atoms with Gasteiger partial charge in [-0.15, -0.1) is 0 Å². The number of guanidine groups is 1. The van der Waals surface area contributed by atoms with Gasteiger partial charge >= 0.3 is 6.18 Å². The standard InChI is InChI=1S/C18H24F3N3O/c1-2-22-17(24-16-8-3-4-9-16)23-11-14-6-5-7-15(10-14)12-25-13-18(19,20)21/h3-7,10,16H,2,8-9,11-13H2,1H3,(H2,22,23,24). The van der Waals surface area contributed by atoms with Crippen LogP contribution in [-0.2, 0) is 17.9 Å². The van der Waals surface area contributed by atoms with Gasteiger partial charge in [-0.1, -0.05) is 36.4 Å². The lowest BCUT2D eigenvalue weighted by molar-refractivity contribution is -0.176. The molecule has 1 aromatic carbocycles. The summed E-state index contributed by atoms with van der Waals surface area (Å²) in [5.41, 5.74) is 1.63. The van der Waals surface area contributed by atoms with Gasteiger partial charge in [-0.05, 0) is 30.9 Å². The molecule has 0 aromatic heterocycles. The molecule has 0 unspecified atom stereocenters. The molecule has 0 amide bonds. The molecule has 4 nitrogen and oxygen atoms in total. The number of hydrogen-bond donors (Lipinski definition) is 2. The van der Waals surface area contributed by atoms with Crippen LogP contribution in [-0.4, -0.2) is 31.3 Å². The largest absolute Gasteiger partial charge is 0.411 e. The fraction of sp³-hybridized carbons (Fsp3) is 0.500. The van der Waals surface area contributed by atoms with Crippen LogP contribution in [0.1, 0.15) is 30.9 Å². The van der Waals surface area contributed by atoms with Crippen LogP contribution in [0.2, 0.25) is 0 Å².